The number of carbonyl (C=O) groups excluding carboxylic acids is 2. The molecule has 2 N–H and O–H groups in total. The number of aromatic nitrogens is 1. The summed E-state index contributed by atoms with van der Waals surface area (Å²) in [7, 11) is 0. The largest absolute Gasteiger partial charge is 0.399 e. The summed E-state index contributed by atoms with van der Waals surface area (Å²) >= 11 is 1.30. The number of nitrogens with two attached hydrogens (primary N) is 1. The Kier molecular flexibility index (Phi) is 2.88. The zero-order valence-corrected chi connectivity index (χ0v) is 12.8. The lowest BCUT2D eigenvalue weighted by molar-refractivity contribution is 0.0926. The van der Waals surface area contributed by atoms with Crippen LogP contribution in [0.4, 0.5) is 10.8 Å². The van der Waals surface area contributed by atoms with Crippen LogP contribution >= 0.6 is 11.3 Å². The van der Waals surface area contributed by atoms with E-state index in [2.05, 4.69) is 4.98 Å². The summed E-state index contributed by atoms with van der Waals surface area (Å²) in [5.74, 6) is -0.707. The Morgan fingerprint density at radius 1 is 1.14 bits per heavy atom. The molecule has 108 valence electrons. The van der Waals surface area contributed by atoms with Gasteiger partial charge in [-0.15, -0.1) is 11.3 Å². The quantitative estimate of drug-likeness (QED) is 0.649. The number of carbonyl (C=O) groups is 2. The van der Waals surface area contributed by atoms with Crippen LogP contribution in [0.5, 0.6) is 0 Å². The van der Waals surface area contributed by atoms with E-state index in [0.29, 0.717) is 21.9 Å². The van der Waals surface area contributed by atoms with Crippen LogP contribution in [0, 0.1) is 0 Å². The number of nitrogen functional groups attached to an aromatic ring is 1. The summed E-state index contributed by atoms with van der Waals surface area (Å²) in [6.07, 6.45) is 0. The zero-order chi connectivity index (χ0) is 15.4. The van der Waals surface area contributed by atoms with Gasteiger partial charge >= 0.3 is 0 Å². The van der Waals surface area contributed by atoms with Gasteiger partial charge in [-0.25, -0.2) is 9.88 Å². The minimum absolute atomic E-state index is 0.127. The molecule has 21 heavy (non-hydrogen) atoms. The molecule has 0 saturated heterocycles. The topological polar surface area (TPSA) is 76.3 Å². The Bertz CT molecular complexity index is 759. The molecule has 0 radical (unpaired) electrons. The molecule has 0 bridgehead atoms. The molecule has 5 nitrogen and oxygen atoms in total. The Hall–Kier alpha value is -2.21. The second-order valence-electron chi connectivity index (χ2n) is 6.02. The monoisotopic (exact) mass is 301 g/mol. The Labute approximate surface area is 126 Å². The van der Waals surface area contributed by atoms with Crippen LogP contribution < -0.4 is 10.6 Å². The van der Waals surface area contributed by atoms with E-state index in [-0.39, 0.29) is 17.2 Å². The van der Waals surface area contributed by atoms with E-state index < -0.39 is 0 Å². The zero-order valence-electron chi connectivity index (χ0n) is 12.0. The van der Waals surface area contributed by atoms with E-state index in [1.807, 2.05) is 26.2 Å². The minimum atomic E-state index is -0.364. The van der Waals surface area contributed by atoms with Crippen molar-refractivity contribution in [1.29, 1.82) is 0 Å². The van der Waals surface area contributed by atoms with Gasteiger partial charge in [0.05, 0.1) is 16.8 Å². The summed E-state index contributed by atoms with van der Waals surface area (Å²) < 4.78 is 0. The van der Waals surface area contributed by atoms with Crippen molar-refractivity contribution in [1.82, 2.24) is 4.98 Å². The Morgan fingerprint density at radius 3 is 2.43 bits per heavy atom. The van der Waals surface area contributed by atoms with Gasteiger partial charge in [0.15, 0.2) is 5.13 Å². The average Bonchev–Trinajstić information content (AvgIpc) is 2.95. The van der Waals surface area contributed by atoms with Crippen LogP contribution in [-0.2, 0) is 5.41 Å². The Balaban J connectivity index is 2.04. The molecule has 2 amide bonds. The summed E-state index contributed by atoms with van der Waals surface area (Å²) in [4.78, 5) is 30.4. The average molecular weight is 301 g/mol. The normalized spacial score (nSPS) is 14.7. The van der Waals surface area contributed by atoms with E-state index >= 15 is 0 Å². The van der Waals surface area contributed by atoms with Gasteiger partial charge in [0.2, 0.25) is 0 Å². The highest BCUT2D eigenvalue weighted by Gasteiger charge is 2.38. The third kappa shape index (κ3) is 2.12. The molecule has 1 aromatic carbocycles. The van der Waals surface area contributed by atoms with E-state index in [1.54, 1.807) is 12.1 Å². The second kappa shape index (κ2) is 4.39. The van der Waals surface area contributed by atoms with Gasteiger partial charge in [-0.1, -0.05) is 20.8 Å². The lowest BCUT2D eigenvalue weighted by atomic mass is 9.93. The van der Waals surface area contributed by atoms with Crippen molar-refractivity contribution in [3.8, 4) is 0 Å². The van der Waals surface area contributed by atoms with Crippen LogP contribution in [0.2, 0.25) is 0 Å². The van der Waals surface area contributed by atoms with Gasteiger partial charge in [-0.3, -0.25) is 9.59 Å². The second-order valence-corrected chi connectivity index (χ2v) is 6.85. The van der Waals surface area contributed by atoms with E-state index in [9.17, 15) is 9.59 Å². The highest BCUT2D eigenvalue weighted by molar-refractivity contribution is 7.14. The molecule has 6 heteroatoms. The fourth-order valence-corrected chi connectivity index (χ4v) is 3.19. The van der Waals surface area contributed by atoms with Gasteiger partial charge in [-0.05, 0) is 18.2 Å². The maximum Gasteiger partial charge on any atom is 0.268 e. The molecule has 2 aromatic rings. The lowest BCUT2D eigenvalue weighted by Gasteiger charge is -2.15. The summed E-state index contributed by atoms with van der Waals surface area (Å²) in [5.41, 5.74) is 7.60. The number of thiazole rings is 1. The molecule has 2 heterocycles. The first-order valence-corrected chi connectivity index (χ1v) is 7.41. The van der Waals surface area contributed by atoms with Crippen molar-refractivity contribution in [3.63, 3.8) is 0 Å². The van der Waals surface area contributed by atoms with Gasteiger partial charge in [0, 0.05) is 16.5 Å². The first-order chi connectivity index (χ1) is 9.79. The van der Waals surface area contributed by atoms with E-state index in [0.717, 1.165) is 10.6 Å². The van der Waals surface area contributed by atoms with Crippen molar-refractivity contribution in [3.05, 3.63) is 40.4 Å². The van der Waals surface area contributed by atoms with Gasteiger partial charge in [0.1, 0.15) is 0 Å². The van der Waals surface area contributed by atoms with Crippen LogP contribution in [0.15, 0.2) is 23.6 Å². The summed E-state index contributed by atoms with van der Waals surface area (Å²) in [6.45, 7) is 6.11. The number of benzene rings is 1. The number of hydrogen-bond donors (Lipinski definition) is 1. The number of anilines is 2. The molecule has 0 atom stereocenters. The fourth-order valence-electron chi connectivity index (χ4n) is 2.14. The first-order valence-electron chi connectivity index (χ1n) is 6.53. The number of rotatable bonds is 1. The van der Waals surface area contributed by atoms with Gasteiger partial charge < -0.3 is 5.73 Å². The number of fused-ring (bicyclic) bond motifs is 1. The van der Waals surface area contributed by atoms with E-state index in [4.69, 9.17) is 5.73 Å². The third-order valence-electron chi connectivity index (χ3n) is 3.36. The highest BCUT2D eigenvalue weighted by Crippen LogP contribution is 2.34. The Morgan fingerprint density at radius 2 is 1.81 bits per heavy atom. The molecule has 0 saturated carbocycles. The predicted molar refractivity (Wildman–Crippen MR) is 82.8 cm³/mol. The number of imide groups is 1. The smallest absolute Gasteiger partial charge is 0.268 e. The van der Waals surface area contributed by atoms with E-state index in [1.165, 1.54) is 17.4 Å². The molecule has 1 aliphatic heterocycles. The molecular formula is C15H15N3O2S. The summed E-state index contributed by atoms with van der Waals surface area (Å²) in [5, 5.41) is 2.29. The molecular weight excluding hydrogens is 286 g/mol. The molecule has 1 aromatic heterocycles. The van der Waals surface area contributed by atoms with Crippen molar-refractivity contribution >= 4 is 34.0 Å². The standard InChI is InChI=1S/C15H15N3O2S/c1-15(2,3)11-7-21-14(17-11)18-12(19)9-5-4-8(16)6-10(9)13(18)20/h4-7H,16H2,1-3H3. The maximum absolute atomic E-state index is 12.4. The molecule has 3 rings (SSSR count). The predicted octanol–water partition coefficient (Wildman–Crippen LogP) is 2.82. The van der Waals surface area contributed by atoms with Crippen molar-refractivity contribution in [2.24, 2.45) is 0 Å². The van der Waals surface area contributed by atoms with Crippen molar-refractivity contribution in [2.75, 3.05) is 10.6 Å². The molecule has 0 spiro atoms. The van der Waals surface area contributed by atoms with Gasteiger partial charge in [0.25, 0.3) is 11.8 Å². The molecule has 0 fully saturated rings. The lowest BCUT2D eigenvalue weighted by Crippen LogP contribution is -2.29. The van der Waals surface area contributed by atoms with Crippen molar-refractivity contribution < 1.29 is 9.59 Å². The maximum atomic E-state index is 12.4. The molecule has 1 aliphatic rings. The number of hydrogen-bond acceptors (Lipinski definition) is 5. The minimum Gasteiger partial charge on any atom is -0.399 e. The molecule has 0 aliphatic carbocycles. The number of nitrogens with zero attached hydrogens (tertiary/aromatic N) is 2. The molecule has 0 unspecified atom stereocenters. The van der Waals surface area contributed by atoms with Crippen LogP contribution in [0.25, 0.3) is 0 Å². The SMILES string of the molecule is CC(C)(C)c1csc(N2C(=O)c3ccc(N)cc3C2=O)n1. The van der Waals surface area contributed by atoms with Crippen LogP contribution in [0.3, 0.4) is 0 Å². The summed E-state index contributed by atoms with van der Waals surface area (Å²) in [6, 6.07) is 4.74. The highest BCUT2D eigenvalue weighted by atomic mass is 32.1. The van der Waals surface area contributed by atoms with Crippen LogP contribution in [-0.4, -0.2) is 16.8 Å². The third-order valence-corrected chi connectivity index (χ3v) is 4.19. The number of amides is 2. The van der Waals surface area contributed by atoms with Crippen LogP contribution in [0.1, 0.15) is 47.2 Å². The first kappa shape index (κ1) is 13.8. The van der Waals surface area contributed by atoms with Gasteiger partial charge in [-0.2, -0.15) is 0 Å². The van der Waals surface area contributed by atoms with Crippen molar-refractivity contribution in [2.45, 2.75) is 26.2 Å². The fraction of sp³-hybridized carbons (Fsp3) is 0.267.